The molecule has 0 amide bonds. The van der Waals surface area contributed by atoms with Crippen LogP contribution in [0.2, 0.25) is 0 Å². The van der Waals surface area contributed by atoms with E-state index in [9.17, 15) is 4.39 Å². The van der Waals surface area contributed by atoms with Crippen LogP contribution in [-0.2, 0) is 6.42 Å². The molecule has 0 unspecified atom stereocenters. The Kier molecular flexibility index (Phi) is 3.68. The molecule has 0 aliphatic carbocycles. The minimum absolute atomic E-state index is 0.145. The Bertz CT molecular complexity index is 289. The molecule has 1 rings (SSSR count). The topological polar surface area (TPSA) is 0 Å². The van der Waals surface area contributed by atoms with Crippen LogP contribution in [0.4, 0.5) is 4.39 Å². The van der Waals surface area contributed by atoms with Crippen LogP contribution in [0.25, 0.3) is 0 Å². The first kappa shape index (κ1) is 11.2. The predicted molar refractivity (Wildman–Crippen MR) is 58.5 cm³/mol. The summed E-state index contributed by atoms with van der Waals surface area (Å²) >= 11 is 0. The van der Waals surface area contributed by atoms with Gasteiger partial charge in [0.1, 0.15) is 5.82 Å². The Balaban J connectivity index is 2.68. The largest absolute Gasteiger partial charge is 0.207 e. The van der Waals surface area contributed by atoms with Crippen molar-refractivity contribution in [3.63, 3.8) is 0 Å². The van der Waals surface area contributed by atoms with Crippen molar-refractivity contribution in [3.05, 3.63) is 42.6 Å². The number of benzene rings is 1. The minimum Gasteiger partial charge on any atom is -0.207 e. The van der Waals surface area contributed by atoms with Crippen LogP contribution in [0.5, 0.6) is 0 Å². The molecule has 0 aromatic heterocycles. The second-order valence-corrected chi connectivity index (χ2v) is 4.57. The summed E-state index contributed by atoms with van der Waals surface area (Å²) in [5.41, 5.74) is 1.29. The summed E-state index contributed by atoms with van der Waals surface area (Å²) in [6.45, 7) is 8.25. The number of rotatable bonds is 4. The van der Waals surface area contributed by atoms with E-state index in [-0.39, 0.29) is 11.2 Å². The fourth-order valence-electron chi connectivity index (χ4n) is 1.77. The SMILES string of the molecule is [CH2]CCC(C)(C)Cc1cccc(F)c1. The van der Waals surface area contributed by atoms with Crippen molar-refractivity contribution < 1.29 is 4.39 Å². The molecule has 0 heterocycles. The lowest BCUT2D eigenvalue weighted by Gasteiger charge is -2.23. The van der Waals surface area contributed by atoms with Gasteiger partial charge < -0.3 is 0 Å². The number of hydrogen-bond donors (Lipinski definition) is 0. The Hall–Kier alpha value is -0.850. The van der Waals surface area contributed by atoms with Crippen LogP contribution < -0.4 is 0 Å². The predicted octanol–water partition coefficient (Wildman–Crippen LogP) is 4.01. The standard InChI is InChI=1S/C13H18F/c1-4-8-13(2,3)10-11-6-5-7-12(14)9-11/h5-7,9H,1,4,8,10H2,2-3H3. The summed E-state index contributed by atoms with van der Waals surface area (Å²) in [6, 6.07) is 6.85. The summed E-state index contributed by atoms with van der Waals surface area (Å²) in [6.07, 6.45) is 2.92. The lowest BCUT2D eigenvalue weighted by molar-refractivity contribution is 0.335. The summed E-state index contributed by atoms with van der Waals surface area (Å²) in [4.78, 5) is 0. The first-order valence-electron chi connectivity index (χ1n) is 5.07. The molecule has 1 aromatic carbocycles. The third-order valence-corrected chi connectivity index (χ3v) is 2.43. The Labute approximate surface area is 86.2 Å². The highest BCUT2D eigenvalue weighted by Crippen LogP contribution is 2.27. The maximum Gasteiger partial charge on any atom is 0.123 e. The van der Waals surface area contributed by atoms with Gasteiger partial charge in [-0.25, -0.2) is 4.39 Å². The highest BCUT2D eigenvalue weighted by Gasteiger charge is 2.17. The van der Waals surface area contributed by atoms with Gasteiger partial charge in [-0.2, -0.15) is 0 Å². The highest BCUT2D eigenvalue weighted by atomic mass is 19.1. The quantitative estimate of drug-likeness (QED) is 0.677. The van der Waals surface area contributed by atoms with Crippen LogP contribution in [0, 0.1) is 18.2 Å². The first-order valence-corrected chi connectivity index (χ1v) is 5.07. The van der Waals surface area contributed by atoms with E-state index in [0.717, 1.165) is 24.8 Å². The van der Waals surface area contributed by atoms with Crippen LogP contribution in [-0.4, -0.2) is 0 Å². The first-order chi connectivity index (χ1) is 6.53. The average molecular weight is 193 g/mol. The molecule has 14 heavy (non-hydrogen) atoms. The van der Waals surface area contributed by atoms with E-state index in [1.165, 1.54) is 6.07 Å². The molecule has 0 nitrogen and oxygen atoms in total. The molecular formula is C13H18F. The Morgan fingerprint density at radius 2 is 2.07 bits per heavy atom. The van der Waals surface area contributed by atoms with Gasteiger partial charge in [-0.15, -0.1) is 0 Å². The third kappa shape index (κ3) is 3.49. The second kappa shape index (κ2) is 4.59. The van der Waals surface area contributed by atoms with Gasteiger partial charge in [0, 0.05) is 0 Å². The van der Waals surface area contributed by atoms with E-state index in [1.807, 2.05) is 6.07 Å². The van der Waals surface area contributed by atoms with Gasteiger partial charge in [0.15, 0.2) is 0 Å². The van der Waals surface area contributed by atoms with Crippen molar-refractivity contribution in [2.75, 3.05) is 0 Å². The molecule has 0 bridgehead atoms. The molecule has 1 aromatic rings. The zero-order valence-corrected chi connectivity index (χ0v) is 9.02. The van der Waals surface area contributed by atoms with Crippen LogP contribution in [0.15, 0.2) is 24.3 Å². The fraction of sp³-hybridized carbons (Fsp3) is 0.462. The molecule has 77 valence electrons. The zero-order chi connectivity index (χ0) is 10.6. The van der Waals surface area contributed by atoms with Crippen molar-refractivity contribution in [2.45, 2.75) is 33.1 Å². The zero-order valence-electron chi connectivity index (χ0n) is 9.02. The fourth-order valence-corrected chi connectivity index (χ4v) is 1.77. The normalized spacial score (nSPS) is 11.7. The van der Waals surface area contributed by atoms with Gasteiger partial charge >= 0.3 is 0 Å². The van der Waals surface area contributed by atoms with E-state index >= 15 is 0 Å². The average Bonchev–Trinajstić information content (AvgIpc) is 2.02. The van der Waals surface area contributed by atoms with Gasteiger partial charge in [0.25, 0.3) is 0 Å². The van der Waals surface area contributed by atoms with Gasteiger partial charge in [-0.05, 0) is 36.0 Å². The van der Waals surface area contributed by atoms with E-state index in [4.69, 9.17) is 0 Å². The lowest BCUT2D eigenvalue weighted by Crippen LogP contribution is -2.14. The van der Waals surface area contributed by atoms with E-state index in [0.29, 0.717) is 0 Å². The van der Waals surface area contributed by atoms with Gasteiger partial charge in [-0.1, -0.05) is 39.3 Å². The van der Waals surface area contributed by atoms with Crippen molar-refractivity contribution in [2.24, 2.45) is 5.41 Å². The molecule has 0 aliphatic heterocycles. The molecular weight excluding hydrogens is 175 g/mol. The molecule has 1 radical (unpaired) electrons. The molecule has 0 aliphatic rings. The molecule has 0 N–H and O–H groups in total. The Morgan fingerprint density at radius 1 is 1.36 bits per heavy atom. The second-order valence-electron chi connectivity index (χ2n) is 4.57. The lowest BCUT2D eigenvalue weighted by atomic mass is 9.82. The summed E-state index contributed by atoms with van der Waals surface area (Å²) in [5, 5.41) is 0. The molecule has 0 saturated carbocycles. The highest BCUT2D eigenvalue weighted by molar-refractivity contribution is 5.17. The summed E-state index contributed by atoms with van der Waals surface area (Å²) in [7, 11) is 0. The molecule has 0 spiro atoms. The van der Waals surface area contributed by atoms with Crippen molar-refractivity contribution in [1.82, 2.24) is 0 Å². The van der Waals surface area contributed by atoms with Crippen molar-refractivity contribution in [1.29, 1.82) is 0 Å². The van der Waals surface area contributed by atoms with E-state index in [2.05, 4.69) is 20.8 Å². The molecule has 0 fully saturated rings. The molecule has 1 heteroatoms. The maximum atomic E-state index is 12.9. The maximum absolute atomic E-state index is 12.9. The van der Waals surface area contributed by atoms with Crippen molar-refractivity contribution >= 4 is 0 Å². The summed E-state index contributed by atoms with van der Waals surface area (Å²) in [5.74, 6) is -0.145. The van der Waals surface area contributed by atoms with Crippen LogP contribution in [0.3, 0.4) is 0 Å². The van der Waals surface area contributed by atoms with Gasteiger partial charge in [0.2, 0.25) is 0 Å². The third-order valence-electron chi connectivity index (χ3n) is 2.43. The smallest absolute Gasteiger partial charge is 0.123 e. The Morgan fingerprint density at radius 3 is 2.64 bits per heavy atom. The molecule has 0 atom stereocenters. The summed E-state index contributed by atoms with van der Waals surface area (Å²) < 4.78 is 12.9. The van der Waals surface area contributed by atoms with Gasteiger partial charge in [0.05, 0.1) is 0 Å². The minimum atomic E-state index is -0.145. The van der Waals surface area contributed by atoms with Gasteiger partial charge in [-0.3, -0.25) is 0 Å². The van der Waals surface area contributed by atoms with Crippen LogP contribution in [0.1, 0.15) is 32.3 Å². The van der Waals surface area contributed by atoms with Crippen molar-refractivity contribution in [3.8, 4) is 0 Å². The van der Waals surface area contributed by atoms with Crippen LogP contribution >= 0.6 is 0 Å². The number of halogens is 1. The van der Waals surface area contributed by atoms with E-state index < -0.39 is 0 Å². The van der Waals surface area contributed by atoms with E-state index in [1.54, 1.807) is 12.1 Å². The monoisotopic (exact) mass is 193 g/mol. The molecule has 0 saturated heterocycles. The number of hydrogen-bond acceptors (Lipinski definition) is 0.